The van der Waals surface area contributed by atoms with E-state index >= 15 is 0 Å². The van der Waals surface area contributed by atoms with Gasteiger partial charge in [0.25, 0.3) is 0 Å². The van der Waals surface area contributed by atoms with Crippen molar-refractivity contribution in [3.63, 3.8) is 0 Å². The summed E-state index contributed by atoms with van der Waals surface area (Å²) in [6, 6.07) is 10.3. The second-order valence-corrected chi connectivity index (χ2v) is 6.67. The molecule has 1 aliphatic rings. The van der Waals surface area contributed by atoms with Crippen LogP contribution in [-0.4, -0.2) is 29.8 Å². The van der Waals surface area contributed by atoms with Gasteiger partial charge in [0.2, 0.25) is 11.8 Å². The monoisotopic (exact) mass is 378 g/mol. The van der Waals surface area contributed by atoms with E-state index < -0.39 is 23.5 Å². The molecule has 3 rings (SSSR count). The number of nitrogens with zero attached hydrogens (tertiary/aromatic N) is 1. The second-order valence-electron chi connectivity index (χ2n) is 6.23. The SMILES string of the molecule is O=C(Nc1ccc(F)cc1F)C1CC(=O)N(CCc2cccc(Cl)c2)C1. The Morgan fingerprint density at radius 2 is 2.04 bits per heavy atom. The van der Waals surface area contributed by atoms with E-state index in [9.17, 15) is 18.4 Å². The predicted molar refractivity (Wildman–Crippen MR) is 94.8 cm³/mol. The molecule has 2 aromatic rings. The molecule has 2 aromatic carbocycles. The molecule has 1 aliphatic heterocycles. The molecule has 2 amide bonds. The second kappa shape index (κ2) is 7.83. The van der Waals surface area contributed by atoms with Crippen molar-refractivity contribution in [1.82, 2.24) is 4.90 Å². The van der Waals surface area contributed by atoms with Gasteiger partial charge in [-0.15, -0.1) is 0 Å². The number of hydrogen-bond acceptors (Lipinski definition) is 2. The molecule has 0 saturated carbocycles. The standard InChI is InChI=1S/C19H17ClF2N2O2/c20-14-3-1-2-12(8-14)6-7-24-11-13(9-18(24)25)19(26)23-17-5-4-15(21)10-16(17)22/h1-5,8,10,13H,6-7,9,11H2,(H,23,26). The lowest BCUT2D eigenvalue weighted by molar-refractivity contribution is -0.128. The third-order valence-electron chi connectivity index (χ3n) is 4.33. The van der Waals surface area contributed by atoms with E-state index in [1.807, 2.05) is 18.2 Å². The summed E-state index contributed by atoms with van der Waals surface area (Å²) in [5, 5.41) is 3.06. The highest BCUT2D eigenvalue weighted by atomic mass is 35.5. The largest absolute Gasteiger partial charge is 0.342 e. The minimum Gasteiger partial charge on any atom is -0.342 e. The number of carbonyl (C=O) groups excluding carboxylic acids is 2. The van der Waals surface area contributed by atoms with Crippen LogP contribution in [0.15, 0.2) is 42.5 Å². The smallest absolute Gasteiger partial charge is 0.229 e. The number of nitrogens with one attached hydrogen (secondary N) is 1. The molecule has 7 heteroatoms. The molecular formula is C19H17ClF2N2O2. The molecule has 0 radical (unpaired) electrons. The molecule has 1 fully saturated rings. The Morgan fingerprint density at radius 3 is 2.77 bits per heavy atom. The number of carbonyl (C=O) groups is 2. The molecule has 1 unspecified atom stereocenters. The Labute approximate surface area is 154 Å². The summed E-state index contributed by atoms with van der Waals surface area (Å²) in [4.78, 5) is 26.0. The van der Waals surface area contributed by atoms with Gasteiger partial charge in [-0.3, -0.25) is 9.59 Å². The van der Waals surface area contributed by atoms with E-state index in [0.29, 0.717) is 24.1 Å². The van der Waals surface area contributed by atoms with E-state index in [2.05, 4.69) is 5.32 Å². The lowest BCUT2D eigenvalue weighted by atomic mass is 10.1. The summed E-state index contributed by atoms with van der Waals surface area (Å²) in [7, 11) is 0. The van der Waals surface area contributed by atoms with Crippen LogP contribution in [0.5, 0.6) is 0 Å². The van der Waals surface area contributed by atoms with E-state index in [0.717, 1.165) is 17.7 Å². The molecule has 1 atom stereocenters. The number of benzene rings is 2. The molecule has 1 saturated heterocycles. The number of anilines is 1. The number of rotatable bonds is 5. The van der Waals surface area contributed by atoms with Gasteiger partial charge >= 0.3 is 0 Å². The van der Waals surface area contributed by atoms with Crippen molar-refractivity contribution in [2.24, 2.45) is 5.92 Å². The zero-order chi connectivity index (χ0) is 18.7. The van der Waals surface area contributed by atoms with E-state index in [1.54, 1.807) is 11.0 Å². The van der Waals surface area contributed by atoms with Crippen molar-refractivity contribution in [1.29, 1.82) is 0 Å². The normalized spacial score (nSPS) is 16.8. The summed E-state index contributed by atoms with van der Waals surface area (Å²) in [5.41, 5.74) is 0.910. The third kappa shape index (κ3) is 4.38. The summed E-state index contributed by atoms with van der Waals surface area (Å²) < 4.78 is 26.6. The lowest BCUT2D eigenvalue weighted by Gasteiger charge is -2.16. The maximum atomic E-state index is 13.6. The van der Waals surface area contributed by atoms with Crippen LogP contribution in [0.25, 0.3) is 0 Å². The average Bonchev–Trinajstić information content (AvgIpc) is 2.97. The average molecular weight is 379 g/mol. The lowest BCUT2D eigenvalue weighted by Crippen LogP contribution is -2.30. The maximum absolute atomic E-state index is 13.6. The van der Waals surface area contributed by atoms with Gasteiger partial charge in [-0.25, -0.2) is 8.78 Å². The van der Waals surface area contributed by atoms with Gasteiger partial charge in [0, 0.05) is 30.6 Å². The molecular weight excluding hydrogens is 362 g/mol. The third-order valence-corrected chi connectivity index (χ3v) is 4.57. The number of halogens is 3. The number of amides is 2. The molecule has 136 valence electrons. The molecule has 0 aromatic heterocycles. The Balaban J connectivity index is 1.57. The van der Waals surface area contributed by atoms with Gasteiger partial charge < -0.3 is 10.2 Å². The van der Waals surface area contributed by atoms with Crippen molar-refractivity contribution < 1.29 is 18.4 Å². The Hall–Kier alpha value is -2.47. The molecule has 1 N–H and O–H groups in total. The number of hydrogen-bond donors (Lipinski definition) is 1. The Bertz CT molecular complexity index is 844. The van der Waals surface area contributed by atoms with Gasteiger partial charge in [0.1, 0.15) is 11.6 Å². The fourth-order valence-electron chi connectivity index (χ4n) is 2.95. The predicted octanol–water partition coefficient (Wildman–Crippen LogP) is 3.65. The van der Waals surface area contributed by atoms with Crippen molar-refractivity contribution in [2.75, 3.05) is 18.4 Å². The zero-order valence-electron chi connectivity index (χ0n) is 13.8. The highest BCUT2D eigenvalue weighted by Crippen LogP contribution is 2.22. The fraction of sp³-hybridized carbons (Fsp3) is 0.263. The first-order valence-corrected chi connectivity index (χ1v) is 8.58. The molecule has 0 aliphatic carbocycles. The number of likely N-dealkylation sites (tertiary alicyclic amines) is 1. The van der Waals surface area contributed by atoms with Crippen molar-refractivity contribution >= 4 is 29.1 Å². The highest BCUT2D eigenvalue weighted by Gasteiger charge is 2.34. The van der Waals surface area contributed by atoms with Crippen molar-refractivity contribution in [3.05, 3.63) is 64.7 Å². The molecule has 0 spiro atoms. The molecule has 1 heterocycles. The van der Waals surface area contributed by atoms with Crippen LogP contribution in [0.4, 0.5) is 14.5 Å². The van der Waals surface area contributed by atoms with Crippen LogP contribution in [0.2, 0.25) is 5.02 Å². The van der Waals surface area contributed by atoms with Crippen LogP contribution >= 0.6 is 11.6 Å². The van der Waals surface area contributed by atoms with Gasteiger partial charge in [-0.05, 0) is 36.2 Å². The van der Waals surface area contributed by atoms with E-state index in [4.69, 9.17) is 11.6 Å². The minimum atomic E-state index is -0.847. The zero-order valence-corrected chi connectivity index (χ0v) is 14.6. The van der Waals surface area contributed by atoms with Crippen LogP contribution in [0, 0.1) is 17.6 Å². The first-order chi connectivity index (χ1) is 12.4. The van der Waals surface area contributed by atoms with Crippen LogP contribution in [-0.2, 0) is 16.0 Å². The van der Waals surface area contributed by atoms with Crippen LogP contribution < -0.4 is 5.32 Å². The van der Waals surface area contributed by atoms with Crippen LogP contribution in [0.1, 0.15) is 12.0 Å². The fourth-order valence-corrected chi connectivity index (χ4v) is 3.16. The maximum Gasteiger partial charge on any atom is 0.229 e. The molecule has 4 nitrogen and oxygen atoms in total. The quantitative estimate of drug-likeness (QED) is 0.863. The van der Waals surface area contributed by atoms with Gasteiger partial charge in [0.05, 0.1) is 11.6 Å². The van der Waals surface area contributed by atoms with Gasteiger partial charge in [0.15, 0.2) is 0 Å². The first-order valence-electron chi connectivity index (χ1n) is 8.20. The topological polar surface area (TPSA) is 49.4 Å². The van der Waals surface area contributed by atoms with Crippen molar-refractivity contribution in [2.45, 2.75) is 12.8 Å². The summed E-state index contributed by atoms with van der Waals surface area (Å²) in [6.45, 7) is 0.752. The summed E-state index contributed by atoms with van der Waals surface area (Å²) >= 11 is 5.95. The Kier molecular flexibility index (Phi) is 5.52. The molecule has 0 bridgehead atoms. The van der Waals surface area contributed by atoms with Gasteiger partial charge in [-0.2, -0.15) is 0 Å². The Morgan fingerprint density at radius 1 is 1.23 bits per heavy atom. The van der Waals surface area contributed by atoms with E-state index in [1.165, 1.54) is 0 Å². The minimum absolute atomic E-state index is 0.0736. The van der Waals surface area contributed by atoms with E-state index in [-0.39, 0.29) is 24.6 Å². The van der Waals surface area contributed by atoms with Crippen LogP contribution in [0.3, 0.4) is 0 Å². The highest BCUT2D eigenvalue weighted by molar-refractivity contribution is 6.30. The van der Waals surface area contributed by atoms with Crippen molar-refractivity contribution in [3.8, 4) is 0 Å². The summed E-state index contributed by atoms with van der Waals surface area (Å²) in [6.07, 6.45) is 0.706. The first kappa shape index (κ1) is 18.3. The van der Waals surface area contributed by atoms with Gasteiger partial charge in [-0.1, -0.05) is 23.7 Å². The summed E-state index contributed by atoms with van der Waals surface area (Å²) in [5.74, 6) is -2.70. The molecule has 26 heavy (non-hydrogen) atoms.